The van der Waals surface area contributed by atoms with Gasteiger partial charge in [0, 0.05) is 12.8 Å². The van der Waals surface area contributed by atoms with Crippen LogP contribution in [0.2, 0.25) is 0 Å². The Balaban J connectivity index is 1.76. The minimum Gasteiger partial charge on any atom is -0.508 e. The standard InChI is InChI=1S/C14H19NO2/c16-13-3-1-2-12(8-13)9-14(17)5-4-11-6-7-15-10-11/h1-3,8,11,15-16H,4-7,9-10H2. The summed E-state index contributed by atoms with van der Waals surface area (Å²) in [7, 11) is 0. The average molecular weight is 233 g/mol. The first-order chi connectivity index (χ1) is 8.24. The normalized spacial score (nSPS) is 19.4. The molecule has 2 rings (SSSR count). The molecule has 1 aromatic carbocycles. The SMILES string of the molecule is O=C(CCC1CCNC1)Cc1cccc(O)c1. The highest BCUT2D eigenvalue weighted by Gasteiger charge is 2.15. The van der Waals surface area contributed by atoms with Gasteiger partial charge in [-0.15, -0.1) is 0 Å². The summed E-state index contributed by atoms with van der Waals surface area (Å²) in [4.78, 5) is 11.8. The summed E-state index contributed by atoms with van der Waals surface area (Å²) in [6.07, 6.45) is 3.28. The predicted octanol–water partition coefficient (Wildman–Crippen LogP) is 1.89. The van der Waals surface area contributed by atoms with Gasteiger partial charge in [0.15, 0.2) is 0 Å². The molecule has 1 fully saturated rings. The van der Waals surface area contributed by atoms with E-state index in [1.807, 2.05) is 6.07 Å². The number of phenols is 1. The van der Waals surface area contributed by atoms with Crippen molar-refractivity contribution in [3.05, 3.63) is 29.8 Å². The lowest BCUT2D eigenvalue weighted by atomic mass is 9.98. The fraction of sp³-hybridized carbons (Fsp3) is 0.500. The van der Waals surface area contributed by atoms with Crippen LogP contribution in [0.15, 0.2) is 24.3 Å². The Labute approximate surface area is 102 Å². The molecule has 1 aromatic rings. The van der Waals surface area contributed by atoms with E-state index in [-0.39, 0.29) is 11.5 Å². The molecule has 0 saturated carbocycles. The van der Waals surface area contributed by atoms with Gasteiger partial charge in [0.05, 0.1) is 0 Å². The minimum atomic E-state index is 0.232. The Kier molecular flexibility index (Phi) is 4.15. The Morgan fingerprint density at radius 3 is 3.06 bits per heavy atom. The highest BCUT2D eigenvalue weighted by molar-refractivity contribution is 5.80. The zero-order valence-electron chi connectivity index (χ0n) is 9.98. The maximum absolute atomic E-state index is 11.8. The molecule has 1 heterocycles. The van der Waals surface area contributed by atoms with Crippen molar-refractivity contribution in [1.29, 1.82) is 0 Å². The number of benzene rings is 1. The molecule has 0 amide bonds. The molecule has 92 valence electrons. The number of hydrogen-bond donors (Lipinski definition) is 2. The zero-order chi connectivity index (χ0) is 12.1. The summed E-state index contributed by atoms with van der Waals surface area (Å²) in [5.74, 6) is 1.17. The van der Waals surface area contributed by atoms with Crippen LogP contribution in [-0.4, -0.2) is 24.0 Å². The minimum absolute atomic E-state index is 0.232. The molecule has 3 nitrogen and oxygen atoms in total. The number of carbonyl (C=O) groups excluding carboxylic acids is 1. The number of ketones is 1. The number of phenolic OH excluding ortho intramolecular Hbond substituents is 1. The van der Waals surface area contributed by atoms with Gasteiger partial charge in [0.25, 0.3) is 0 Å². The van der Waals surface area contributed by atoms with Crippen LogP contribution in [0, 0.1) is 5.92 Å². The fourth-order valence-corrected chi connectivity index (χ4v) is 2.31. The van der Waals surface area contributed by atoms with Gasteiger partial charge in [-0.1, -0.05) is 12.1 Å². The molecule has 3 heteroatoms. The molecule has 1 atom stereocenters. The van der Waals surface area contributed by atoms with Crippen molar-refractivity contribution in [2.45, 2.75) is 25.7 Å². The number of aromatic hydroxyl groups is 1. The number of hydrogen-bond acceptors (Lipinski definition) is 3. The molecule has 0 aromatic heterocycles. The first-order valence-electron chi connectivity index (χ1n) is 6.24. The topological polar surface area (TPSA) is 49.3 Å². The predicted molar refractivity (Wildman–Crippen MR) is 67.0 cm³/mol. The molecule has 17 heavy (non-hydrogen) atoms. The molecular formula is C14H19NO2. The highest BCUT2D eigenvalue weighted by Crippen LogP contribution is 2.16. The third kappa shape index (κ3) is 3.86. The number of rotatable bonds is 5. The van der Waals surface area contributed by atoms with Crippen LogP contribution in [0.4, 0.5) is 0 Å². The van der Waals surface area contributed by atoms with Crippen molar-refractivity contribution < 1.29 is 9.90 Å². The van der Waals surface area contributed by atoms with E-state index in [2.05, 4.69) is 5.32 Å². The molecule has 0 radical (unpaired) electrons. The number of nitrogens with one attached hydrogen (secondary N) is 1. The van der Waals surface area contributed by atoms with Gasteiger partial charge in [-0.3, -0.25) is 4.79 Å². The Hall–Kier alpha value is -1.35. The first-order valence-corrected chi connectivity index (χ1v) is 6.24. The molecule has 0 bridgehead atoms. The van der Waals surface area contributed by atoms with Crippen molar-refractivity contribution in [3.63, 3.8) is 0 Å². The van der Waals surface area contributed by atoms with Gasteiger partial charge in [0.1, 0.15) is 11.5 Å². The van der Waals surface area contributed by atoms with E-state index in [0.29, 0.717) is 18.8 Å². The highest BCUT2D eigenvalue weighted by atomic mass is 16.3. The maximum Gasteiger partial charge on any atom is 0.137 e. The summed E-state index contributed by atoms with van der Waals surface area (Å²) in [5.41, 5.74) is 0.902. The van der Waals surface area contributed by atoms with E-state index in [1.165, 1.54) is 6.42 Å². The molecule has 1 unspecified atom stereocenters. The quantitative estimate of drug-likeness (QED) is 0.816. The second-order valence-corrected chi connectivity index (χ2v) is 4.78. The second-order valence-electron chi connectivity index (χ2n) is 4.78. The maximum atomic E-state index is 11.8. The zero-order valence-corrected chi connectivity index (χ0v) is 9.98. The second kappa shape index (κ2) is 5.82. The van der Waals surface area contributed by atoms with Crippen LogP contribution >= 0.6 is 0 Å². The van der Waals surface area contributed by atoms with Crippen LogP contribution in [-0.2, 0) is 11.2 Å². The lowest BCUT2D eigenvalue weighted by Gasteiger charge is -2.07. The summed E-state index contributed by atoms with van der Waals surface area (Å²) in [5, 5.41) is 12.6. The third-order valence-corrected chi connectivity index (χ3v) is 3.31. The van der Waals surface area contributed by atoms with Gasteiger partial charge in [-0.05, 0) is 49.5 Å². The number of carbonyl (C=O) groups is 1. The molecule has 1 aliphatic heterocycles. The van der Waals surface area contributed by atoms with Crippen molar-refractivity contribution in [2.24, 2.45) is 5.92 Å². The average Bonchev–Trinajstić information content (AvgIpc) is 2.79. The van der Waals surface area contributed by atoms with Gasteiger partial charge in [-0.25, -0.2) is 0 Å². The molecule has 1 aliphatic rings. The van der Waals surface area contributed by atoms with Crippen molar-refractivity contribution in [1.82, 2.24) is 5.32 Å². The Morgan fingerprint density at radius 2 is 2.35 bits per heavy atom. The molecule has 0 aliphatic carbocycles. The largest absolute Gasteiger partial charge is 0.508 e. The fourth-order valence-electron chi connectivity index (χ4n) is 2.31. The van der Waals surface area contributed by atoms with Crippen molar-refractivity contribution in [2.75, 3.05) is 13.1 Å². The summed E-state index contributed by atoms with van der Waals surface area (Å²) < 4.78 is 0. The van der Waals surface area contributed by atoms with Crippen molar-refractivity contribution in [3.8, 4) is 5.75 Å². The van der Waals surface area contributed by atoms with Gasteiger partial charge < -0.3 is 10.4 Å². The number of Topliss-reactive ketones (excluding diaryl/α,β-unsaturated/α-hetero) is 1. The van der Waals surface area contributed by atoms with Crippen molar-refractivity contribution >= 4 is 5.78 Å². The van der Waals surface area contributed by atoms with Gasteiger partial charge in [0.2, 0.25) is 0 Å². The van der Waals surface area contributed by atoms with Gasteiger partial charge in [-0.2, -0.15) is 0 Å². The van der Waals surface area contributed by atoms with E-state index in [1.54, 1.807) is 18.2 Å². The Morgan fingerprint density at radius 1 is 1.47 bits per heavy atom. The van der Waals surface area contributed by atoms with Crippen LogP contribution in [0.5, 0.6) is 5.75 Å². The van der Waals surface area contributed by atoms with Crippen LogP contribution in [0.3, 0.4) is 0 Å². The van der Waals surface area contributed by atoms with E-state index in [0.717, 1.165) is 25.1 Å². The van der Waals surface area contributed by atoms with Gasteiger partial charge >= 0.3 is 0 Å². The van der Waals surface area contributed by atoms with E-state index in [9.17, 15) is 9.90 Å². The van der Waals surface area contributed by atoms with Crippen LogP contribution < -0.4 is 5.32 Å². The monoisotopic (exact) mass is 233 g/mol. The molecule has 1 saturated heterocycles. The summed E-state index contributed by atoms with van der Waals surface area (Å²) >= 11 is 0. The molecule has 0 spiro atoms. The third-order valence-electron chi connectivity index (χ3n) is 3.31. The van der Waals surface area contributed by atoms with Crippen LogP contribution in [0.1, 0.15) is 24.8 Å². The first kappa shape index (κ1) is 12.1. The lowest BCUT2D eigenvalue weighted by molar-refractivity contribution is -0.118. The van der Waals surface area contributed by atoms with Crippen LogP contribution in [0.25, 0.3) is 0 Å². The summed E-state index contributed by atoms with van der Waals surface area (Å²) in [6, 6.07) is 6.95. The van der Waals surface area contributed by atoms with E-state index >= 15 is 0 Å². The lowest BCUT2D eigenvalue weighted by Crippen LogP contribution is -2.11. The van der Waals surface area contributed by atoms with E-state index < -0.39 is 0 Å². The van der Waals surface area contributed by atoms with E-state index in [4.69, 9.17) is 0 Å². The Bertz CT molecular complexity index is 384. The molecular weight excluding hydrogens is 214 g/mol. The molecule has 2 N–H and O–H groups in total. The summed E-state index contributed by atoms with van der Waals surface area (Å²) in [6.45, 7) is 2.14. The smallest absolute Gasteiger partial charge is 0.137 e.